The fraction of sp³-hybridized carbons (Fsp3) is 0.333. The van der Waals surface area contributed by atoms with Gasteiger partial charge in [0.1, 0.15) is 6.29 Å². The summed E-state index contributed by atoms with van der Waals surface area (Å²) in [5.41, 5.74) is 1.13. The second-order valence-corrected chi connectivity index (χ2v) is 5.27. The number of aldehydes is 1. The van der Waals surface area contributed by atoms with Crippen molar-refractivity contribution in [2.45, 2.75) is 13.8 Å². The summed E-state index contributed by atoms with van der Waals surface area (Å²) in [4.78, 5) is 22.2. The minimum atomic E-state index is -0.792. The van der Waals surface area contributed by atoms with Gasteiger partial charge in [0, 0.05) is 5.57 Å². The molecule has 94 valence electrons. The van der Waals surface area contributed by atoms with E-state index in [1.165, 1.54) is 0 Å². The van der Waals surface area contributed by atoms with Gasteiger partial charge in [-0.15, -0.1) is 0 Å². The van der Waals surface area contributed by atoms with Crippen LogP contribution < -0.4 is 0 Å². The highest BCUT2D eigenvalue weighted by atomic mass is 16.4. The van der Waals surface area contributed by atoms with Crippen LogP contribution in [-0.4, -0.2) is 17.4 Å². The number of allylic oxidation sites excluding steroid dienone is 2. The number of carbonyl (C=O) groups excluding carboxylic acids is 1. The van der Waals surface area contributed by atoms with Crippen LogP contribution in [0.1, 0.15) is 19.4 Å². The van der Waals surface area contributed by atoms with Gasteiger partial charge in [-0.25, -0.2) is 0 Å². The van der Waals surface area contributed by atoms with Crippen LogP contribution in [0.5, 0.6) is 0 Å². The number of carbonyl (C=O) groups is 2. The summed E-state index contributed by atoms with van der Waals surface area (Å²) < 4.78 is 0. The van der Waals surface area contributed by atoms with Crippen LogP contribution in [-0.2, 0) is 9.59 Å². The molecule has 1 fully saturated rings. The summed E-state index contributed by atoms with van der Waals surface area (Å²) in [6.45, 7) is 3.83. The van der Waals surface area contributed by atoms with Crippen LogP contribution in [0.25, 0.3) is 5.57 Å². The highest BCUT2D eigenvalue weighted by Gasteiger charge is 2.60. The molecule has 3 nitrogen and oxygen atoms in total. The van der Waals surface area contributed by atoms with E-state index >= 15 is 0 Å². The van der Waals surface area contributed by atoms with Crippen molar-refractivity contribution in [2.75, 3.05) is 0 Å². The molecular formula is C15H16O3. The highest BCUT2D eigenvalue weighted by Crippen LogP contribution is 2.59. The van der Waals surface area contributed by atoms with Crippen molar-refractivity contribution in [2.24, 2.45) is 17.3 Å². The van der Waals surface area contributed by atoms with Crippen molar-refractivity contribution in [3.63, 3.8) is 0 Å². The van der Waals surface area contributed by atoms with Crippen LogP contribution >= 0.6 is 0 Å². The Morgan fingerprint density at radius 3 is 2.33 bits per heavy atom. The van der Waals surface area contributed by atoms with Gasteiger partial charge in [0.25, 0.3) is 0 Å². The van der Waals surface area contributed by atoms with Crippen LogP contribution in [0, 0.1) is 17.3 Å². The number of benzene rings is 1. The van der Waals surface area contributed by atoms with Gasteiger partial charge in [-0.2, -0.15) is 0 Å². The standard InChI is InChI=1S/C15H16O3/c1-15(2)12(13(15)14(17)18)8-11(9-16)10-6-4-3-5-7-10/h3-9,12-13H,1-2H3,(H,17,18)/b11-8+. The van der Waals surface area contributed by atoms with E-state index in [-0.39, 0.29) is 11.3 Å². The molecule has 2 atom stereocenters. The van der Waals surface area contributed by atoms with Gasteiger partial charge in [0.15, 0.2) is 0 Å². The minimum absolute atomic E-state index is 0.0737. The molecule has 2 rings (SSSR count). The van der Waals surface area contributed by atoms with E-state index < -0.39 is 11.9 Å². The Labute approximate surface area is 106 Å². The number of hydrogen-bond donors (Lipinski definition) is 1. The summed E-state index contributed by atoms with van der Waals surface area (Å²) in [6, 6.07) is 9.31. The molecule has 1 saturated carbocycles. The van der Waals surface area contributed by atoms with E-state index in [0.717, 1.165) is 11.8 Å². The lowest BCUT2D eigenvalue weighted by Crippen LogP contribution is -2.03. The van der Waals surface area contributed by atoms with Crippen molar-refractivity contribution in [3.05, 3.63) is 42.0 Å². The van der Waals surface area contributed by atoms with E-state index in [2.05, 4.69) is 0 Å². The van der Waals surface area contributed by atoms with Crippen LogP contribution in [0.3, 0.4) is 0 Å². The molecular weight excluding hydrogens is 228 g/mol. The maximum Gasteiger partial charge on any atom is 0.307 e. The molecule has 0 radical (unpaired) electrons. The molecule has 1 aliphatic carbocycles. The average Bonchev–Trinajstić information content (AvgIpc) is 2.89. The smallest absolute Gasteiger partial charge is 0.307 e. The number of hydrogen-bond acceptors (Lipinski definition) is 2. The zero-order chi connectivity index (χ0) is 13.3. The Balaban J connectivity index is 2.28. The van der Waals surface area contributed by atoms with E-state index in [4.69, 9.17) is 5.11 Å². The number of aliphatic carboxylic acids is 1. The predicted octanol–water partition coefficient (Wildman–Crippen LogP) is 2.63. The molecule has 18 heavy (non-hydrogen) atoms. The lowest BCUT2D eigenvalue weighted by Gasteiger charge is -2.01. The van der Waals surface area contributed by atoms with Crippen molar-refractivity contribution < 1.29 is 14.7 Å². The van der Waals surface area contributed by atoms with Gasteiger partial charge < -0.3 is 5.11 Å². The van der Waals surface area contributed by atoms with Gasteiger partial charge in [-0.3, -0.25) is 9.59 Å². The van der Waals surface area contributed by atoms with Crippen LogP contribution in [0.15, 0.2) is 36.4 Å². The second kappa shape index (κ2) is 4.41. The van der Waals surface area contributed by atoms with E-state index in [9.17, 15) is 9.59 Å². The Kier molecular flexibility index (Phi) is 3.07. The molecule has 0 saturated heterocycles. The third-order valence-electron chi connectivity index (χ3n) is 3.77. The molecule has 0 aromatic heterocycles. The van der Waals surface area contributed by atoms with E-state index in [1.54, 1.807) is 6.08 Å². The maximum atomic E-state index is 11.1. The predicted molar refractivity (Wildman–Crippen MR) is 68.9 cm³/mol. The van der Waals surface area contributed by atoms with E-state index in [0.29, 0.717) is 5.57 Å². The molecule has 2 unspecified atom stereocenters. The number of carboxylic acids is 1. The molecule has 0 bridgehead atoms. The third-order valence-corrected chi connectivity index (χ3v) is 3.77. The van der Waals surface area contributed by atoms with Gasteiger partial charge in [0.05, 0.1) is 5.92 Å². The summed E-state index contributed by atoms with van der Waals surface area (Å²) in [6.07, 6.45) is 2.59. The third kappa shape index (κ3) is 2.08. The Morgan fingerprint density at radius 2 is 1.89 bits per heavy atom. The SMILES string of the molecule is CC1(C)C(/C=C(\C=O)c2ccccc2)C1C(=O)O. The zero-order valence-electron chi connectivity index (χ0n) is 10.5. The molecule has 3 heteroatoms. The van der Waals surface area contributed by atoms with Crippen LogP contribution in [0.2, 0.25) is 0 Å². The molecule has 0 spiro atoms. The first kappa shape index (κ1) is 12.6. The Bertz CT molecular complexity index is 500. The summed E-state index contributed by atoms with van der Waals surface area (Å²) in [5.74, 6) is -1.26. The average molecular weight is 244 g/mol. The minimum Gasteiger partial charge on any atom is -0.481 e. The second-order valence-electron chi connectivity index (χ2n) is 5.27. The highest BCUT2D eigenvalue weighted by molar-refractivity contribution is 6.07. The molecule has 1 aromatic carbocycles. The molecule has 0 heterocycles. The Hall–Kier alpha value is -1.90. The molecule has 1 N–H and O–H groups in total. The zero-order valence-corrected chi connectivity index (χ0v) is 10.5. The largest absolute Gasteiger partial charge is 0.481 e. The summed E-state index contributed by atoms with van der Waals surface area (Å²) >= 11 is 0. The maximum absolute atomic E-state index is 11.1. The van der Waals surface area contributed by atoms with Crippen molar-refractivity contribution in [1.29, 1.82) is 0 Å². The van der Waals surface area contributed by atoms with Crippen molar-refractivity contribution in [1.82, 2.24) is 0 Å². The quantitative estimate of drug-likeness (QED) is 0.654. The van der Waals surface area contributed by atoms with Gasteiger partial charge in [0.2, 0.25) is 0 Å². The first-order valence-corrected chi connectivity index (χ1v) is 5.93. The van der Waals surface area contributed by atoms with Gasteiger partial charge in [-0.05, 0) is 16.9 Å². The fourth-order valence-electron chi connectivity index (χ4n) is 2.49. The van der Waals surface area contributed by atoms with Crippen molar-refractivity contribution in [3.8, 4) is 0 Å². The molecule has 0 aliphatic heterocycles. The first-order valence-electron chi connectivity index (χ1n) is 5.93. The molecule has 1 aromatic rings. The number of rotatable bonds is 4. The lowest BCUT2D eigenvalue weighted by atomic mass is 10.0. The van der Waals surface area contributed by atoms with Crippen molar-refractivity contribution >= 4 is 17.8 Å². The van der Waals surface area contributed by atoms with Gasteiger partial charge >= 0.3 is 5.97 Å². The number of carboxylic acid groups (broad SMARTS) is 1. The summed E-state index contributed by atoms with van der Waals surface area (Å²) in [7, 11) is 0. The fourth-order valence-corrected chi connectivity index (χ4v) is 2.49. The summed E-state index contributed by atoms with van der Waals surface area (Å²) in [5, 5.41) is 9.10. The normalized spacial score (nSPS) is 25.6. The Morgan fingerprint density at radius 1 is 1.28 bits per heavy atom. The van der Waals surface area contributed by atoms with Gasteiger partial charge in [-0.1, -0.05) is 50.3 Å². The van der Waals surface area contributed by atoms with Crippen LogP contribution in [0.4, 0.5) is 0 Å². The topological polar surface area (TPSA) is 54.4 Å². The van der Waals surface area contributed by atoms with E-state index in [1.807, 2.05) is 44.2 Å². The first-order chi connectivity index (χ1) is 8.48. The molecule has 0 amide bonds. The molecule has 1 aliphatic rings. The lowest BCUT2D eigenvalue weighted by molar-refractivity contribution is -0.139. The monoisotopic (exact) mass is 244 g/mol.